The van der Waals surface area contributed by atoms with Gasteiger partial charge in [-0.25, -0.2) is 4.39 Å². The van der Waals surface area contributed by atoms with Crippen molar-refractivity contribution in [1.29, 1.82) is 0 Å². The number of amides is 1. The van der Waals surface area contributed by atoms with Gasteiger partial charge in [0.25, 0.3) is 5.91 Å². The van der Waals surface area contributed by atoms with E-state index in [4.69, 9.17) is 4.74 Å². The molecule has 0 radical (unpaired) electrons. The number of fused-ring (bicyclic) bond motifs is 1. The molecule has 1 amide bonds. The highest BCUT2D eigenvalue weighted by Gasteiger charge is 2.39. The van der Waals surface area contributed by atoms with Crippen molar-refractivity contribution < 1.29 is 13.9 Å². The van der Waals surface area contributed by atoms with E-state index in [0.717, 1.165) is 13.1 Å². The number of hydrogen-bond acceptors (Lipinski definition) is 3. The molecule has 2 fully saturated rings. The number of carbonyl (C=O) groups excluding carboxylic acids is 1. The predicted octanol–water partition coefficient (Wildman–Crippen LogP) is 1.55. The quantitative estimate of drug-likeness (QED) is 0.901. The van der Waals surface area contributed by atoms with Gasteiger partial charge in [-0.2, -0.15) is 0 Å². The summed E-state index contributed by atoms with van der Waals surface area (Å²) in [7, 11) is 1.45. The van der Waals surface area contributed by atoms with E-state index >= 15 is 0 Å². The van der Waals surface area contributed by atoms with Gasteiger partial charge in [-0.15, -0.1) is 12.4 Å². The van der Waals surface area contributed by atoms with Crippen LogP contribution < -0.4 is 10.1 Å². The van der Waals surface area contributed by atoms with Crippen molar-refractivity contribution in [2.45, 2.75) is 0 Å². The van der Waals surface area contributed by atoms with Gasteiger partial charge < -0.3 is 15.0 Å². The molecule has 20 heavy (non-hydrogen) atoms. The Morgan fingerprint density at radius 2 is 2.00 bits per heavy atom. The van der Waals surface area contributed by atoms with Crippen LogP contribution in [0.2, 0.25) is 0 Å². The number of hydrogen-bond donors (Lipinski definition) is 1. The van der Waals surface area contributed by atoms with Gasteiger partial charge in [0, 0.05) is 26.2 Å². The number of halogens is 2. The second-order valence-corrected chi connectivity index (χ2v) is 5.21. The monoisotopic (exact) mass is 300 g/mol. The molecule has 0 aliphatic carbocycles. The van der Waals surface area contributed by atoms with Crippen molar-refractivity contribution in [1.82, 2.24) is 10.2 Å². The van der Waals surface area contributed by atoms with Crippen molar-refractivity contribution in [3.63, 3.8) is 0 Å². The fraction of sp³-hybridized carbons (Fsp3) is 0.500. The van der Waals surface area contributed by atoms with E-state index in [1.165, 1.54) is 13.2 Å². The van der Waals surface area contributed by atoms with Crippen LogP contribution in [-0.2, 0) is 0 Å². The second kappa shape index (κ2) is 5.97. The van der Waals surface area contributed by atoms with Crippen LogP contribution in [0.1, 0.15) is 10.4 Å². The highest BCUT2D eigenvalue weighted by Crippen LogP contribution is 2.30. The van der Waals surface area contributed by atoms with E-state index in [1.54, 1.807) is 17.0 Å². The molecule has 2 aliphatic heterocycles. The topological polar surface area (TPSA) is 41.6 Å². The van der Waals surface area contributed by atoms with E-state index in [2.05, 4.69) is 5.32 Å². The summed E-state index contributed by atoms with van der Waals surface area (Å²) < 4.78 is 19.0. The first kappa shape index (κ1) is 15.1. The summed E-state index contributed by atoms with van der Waals surface area (Å²) in [4.78, 5) is 14.2. The number of carbonyl (C=O) groups is 1. The smallest absolute Gasteiger partial charge is 0.260 e. The highest BCUT2D eigenvalue weighted by atomic mass is 35.5. The summed E-state index contributed by atoms with van der Waals surface area (Å²) in [5.41, 5.74) is 0.0536. The lowest BCUT2D eigenvalue weighted by molar-refractivity contribution is 0.0773. The molecule has 2 heterocycles. The third kappa shape index (κ3) is 2.47. The van der Waals surface area contributed by atoms with Crippen LogP contribution in [0.4, 0.5) is 4.39 Å². The lowest BCUT2D eigenvalue weighted by Crippen LogP contribution is -2.32. The Bertz CT molecular complexity index is 500. The molecule has 2 saturated heterocycles. The number of methoxy groups -OCH3 is 1. The summed E-state index contributed by atoms with van der Waals surface area (Å²) >= 11 is 0. The lowest BCUT2D eigenvalue weighted by atomic mass is 10.0. The first-order valence-corrected chi connectivity index (χ1v) is 6.53. The third-order valence-electron chi connectivity index (χ3n) is 4.09. The normalized spacial score (nSPS) is 24.2. The van der Waals surface area contributed by atoms with Gasteiger partial charge in [0.1, 0.15) is 17.1 Å². The molecule has 0 unspecified atom stereocenters. The summed E-state index contributed by atoms with van der Waals surface area (Å²) in [5, 5.41) is 3.32. The number of rotatable bonds is 2. The Morgan fingerprint density at radius 1 is 1.35 bits per heavy atom. The summed E-state index contributed by atoms with van der Waals surface area (Å²) in [6, 6.07) is 4.47. The minimum absolute atomic E-state index is 0. The van der Waals surface area contributed by atoms with Crippen LogP contribution in [0.25, 0.3) is 0 Å². The van der Waals surface area contributed by atoms with E-state index in [0.29, 0.717) is 30.7 Å². The zero-order valence-electron chi connectivity index (χ0n) is 11.3. The van der Waals surface area contributed by atoms with Gasteiger partial charge >= 0.3 is 0 Å². The van der Waals surface area contributed by atoms with Crippen LogP contribution in [0.3, 0.4) is 0 Å². The van der Waals surface area contributed by atoms with Gasteiger partial charge in [-0.3, -0.25) is 4.79 Å². The van der Waals surface area contributed by atoms with Crippen LogP contribution in [0.5, 0.6) is 5.75 Å². The molecule has 0 saturated carbocycles. The molecule has 0 spiro atoms. The SMILES string of the molecule is COc1cccc(F)c1C(=O)N1C[C@H]2CNC[C@H]2C1.Cl. The number of nitrogens with zero attached hydrogens (tertiary/aromatic N) is 1. The average Bonchev–Trinajstić information content (AvgIpc) is 2.98. The van der Waals surface area contributed by atoms with E-state index < -0.39 is 5.82 Å². The van der Waals surface area contributed by atoms with Crippen molar-refractivity contribution >= 4 is 18.3 Å². The molecule has 2 aliphatic rings. The zero-order valence-corrected chi connectivity index (χ0v) is 12.1. The molecule has 1 N–H and O–H groups in total. The van der Waals surface area contributed by atoms with Gasteiger partial charge in [0.05, 0.1) is 7.11 Å². The highest BCUT2D eigenvalue weighted by molar-refractivity contribution is 5.97. The standard InChI is InChI=1S/C14H17FN2O2.ClH/c1-19-12-4-2-3-11(15)13(12)14(18)17-7-9-5-16-6-10(9)8-17;/h2-4,9-10,16H,5-8H2,1H3;1H/t9-,10+;. The Hall–Kier alpha value is -1.33. The Balaban J connectivity index is 0.00000147. The molecule has 4 nitrogen and oxygen atoms in total. The summed E-state index contributed by atoms with van der Waals surface area (Å²) in [6.07, 6.45) is 0. The van der Waals surface area contributed by atoms with Gasteiger partial charge in [0.15, 0.2) is 0 Å². The minimum Gasteiger partial charge on any atom is -0.496 e. The van der Waals surface area contributed by atoms with Crippen molar-refractivity contribution in [3.05, 3.63) is 29.6 Å². The van der Waals surface area contributed by atoms with Gasteiger partial charge in [0.2, 0.25) is 0 Å². The minimum atomic E-state index is -0.514. The number of benzene rings is 1. The number of likely N-dealkylation sites (tertiary alicyclic amines) is 1. The number of nitrogens with one attached hydrogen (secondary N) is 1. The maximum Gasteiger partial charge on any atom is 0.260 e. The Morgan fingerprint density at radius 3 is 2.60 bits per heavy atom. The molecule has 0 aromatic heterocycles. The lowest BCUT2D eigenvalue weighted by Gasteiger charge is -2.19. The molecule has 1 aromatic rings. The largest absolute Gasteiger partial charge is 0.496 e. The fourth-order valence-electron chi connectivity index (χ4n) is 3.06. The van der Waals surface area contributed by atoms with E-state index in [9.17, 15) is 9.18 Å². The maximum absolute atomic E-state index is 13.9. The first-order chi connectivity index (χ1) is 9.20. The van der Waals surface area contributed by atoms with Crippen LogP contribution >= 0.6 is 12.4 Å². The summed E-state index contributed by atoms with van der Waals surface area (Å²) in [5.74, 6) is 0.535. The van der Waals surface area contributed by atoms with Crippen LogP contribution in [-0.4, -0.2) is 44.1 Å². The maximum atomic E-state index is 13.9. The molecular weight excluding hydrogens is 283 g/mol. The first-order valence-electron chi connectivity index (χ1n) is 6.53. The predicted molar refractivity (Wildman–Crippen MR) is 76.0 cm³/mol. The Kier molecular flexibility index (Phi) is 4.50. The molecule has 6 heteroatoms. The van der Waals surface area contributed by atoms with Crippen molar-refractivity contribution in [2.75, 3.05) is 33.3 Å². The average molecular weight is 301 g/mol. The summed E-state index contributed by atoms with van der Waals surface area (Å²) in [6.45, 7) is 3.30. The fourth-order valence-corrected chi connectivity index (χ4v) is 3.06. The van der Waals surface area contributed by atoms with E-state index in [-0.39, 0.29) is 23.9 Å². The third-order valence-corrected chi connectivity index (χ3v) is 4.09. The van der Waals surface area contributed by atoms with Gasteiger partial charge in [-0.05, 0) is 24.0 Å². The second-order valence-electron chi connectivity index (χ2n) is 5.21. The molecule has 0 bridgehead atoms. The molecular formula is C14H18ClFN2O2. The molecule has 3 rings (SSSR count). The molecule has 110 valence electrons. The van der Waals surface area contributed by atoms with Crippen molar-refractivity contribution in [2.24, 2.45) is 11.8 Å². The molecule has 1 aromatic carbocycles. The zero-order chi connectivity index (χ0) is 13.4. The van der Waals surface area contributed by atoms with Crippen LogP contribution in [0.15, 0.2) is 18.2 Å². The molecule has 2 atom stereocenters. The van der Waals surface area contributed by atoms with Crippen LogP contribution in [0, 0.1) is 17.7 Å². The number of ether oxygens (including phenoxy) is 1. The Labute approximate surface area is 123 Å². The van der Waals surface area contributed by atoms with Crippen molar-refractivity contribution in [3.8, 4) is 5.75 Å². The van der Waals surface area contributed by atoms with Gasteiger partial charge in [-0.1, -0.05) is 6.07 Å². The van der Waals surface area contributed by atoms with E-state index in [1.807, 2.05) is 0 Å².